The molecular weight excluding hydrogens is 484 g/mol. The van der Waals surface area contributed by atoms with Gasteiger partial charge >= 0.3 is 18.8 Å². The van der Waals surface area contributed by atoms with Crippen LogP contribution in [0.2, 0.25) is 0 Å². The minimum Gasteiger partial charge on any atom is -0.481 e. The SMILES string of the molecule is CCc1nc2c(F)ccc(OCC(=O)O)c2c(OC(F)F)c1Cc1ccc(C(=O)C(F)(F)F)cc1. The first-order chi connectivity index (χ1) is 16.4. The third-order valence-electron chi connectivity index (χ3n) is 4.93. The third kappa shape index (κ3) is 5.81. The van der Waals surface area contributed by atoms with Crippen LogP contribution < -0.4 is 9.47 Å². The number of aliphatic carboxylic acids is 1. The summed E-state index contributed by atoms with van der Waals surface area (Å²) in [6.45, 7) is -2.59. The van der Waals surface area contributed by atoms with Crippen molar-refractivity contribution in [3.8, 4) is 11.5 Å². The molecular formula is C23H17F6NO5. The number of aromatic nitrogens is 1. The molecule has 0 saturated heterocycles. The lowest BCUT2D eigenvalue weighted by Crippen LogP contribution is -2.22. The summed E-state index contributed by atoms with van der Waals surface area (Å²) in [6.07, 6.45) is -5.09. The number of aryl methyl sites for hydroxylation is 1. The second-order valence-electron chi connectivity index (χ2n) is 7.25. The first kappa shape index (κ1) is 25.8. The second-order valence-corrected chi connectivity index (χ2v) is 7.25. The van der Waals surface area contributed by atoms with Gasteiger partial charge in [0.2, 0.25) is 0 Å². The minimum atomic E-state index is -5.06. The Hall–Kier alpha value is -3.83. The fraction of sp³-hybridized carbons (Fsp3) is 0.261. The smallest absolute Gasteiger partial charge is 0.454 e. The van der Waals surface area contributed by atoms with E-state index in [1.54, 1.807) is 6.92 Å². The zero-order chi connectivity index (χ0) is 25.9. The number of Topliss-reactive ketones (excluding diaryl/α,β-unsaturated/α-hetero) is 1. The van der Waals surface area contributed by atoms with Gasteiger partial charge in [0, 0.05) is 23.2 Å². The summed E-state index contributed by atoms with van der Waals surface area (Å²) < 4.78 is 89.2. The summed E-state index contributed by atoms with van der Waals surface area (Å²) in [6, 6.07) is 6.30. The Labute approximate surface area is 194 Å². The first-order valence-electron chi connectivity index (χ1n) is 10.1. The number of benzene rings is 2. The van der Waals surface area contributed by atoms with Crippen LogP contribution in [0.25, 0.3) is 10.9 Å². The fourth-order valence-corrected chi connectivity index (χ4v) is 3.46. The van der Waals surface area contributed by atoms with Crippen LogP contribution in [0, 0.1) is 5.82 Å². The van der Waals surface area contributed by atoms with Gasteiger partial charge in [-0.25, -0.2) is 14.2 Å². The number of hydrogen-bond acceptors (Lipinski definition) is 5. The molecule has 186 valence electrons. The molecule has 1 N–H and O–H groups in total. The van der Waals surface area contributed by atoms with Gasteiger partial charge in [-0.2, -0.15) is 22.0 Å². The Morgan fingerprint density at radius 3 is 2.29 bits per heavy atom. The summed E-state index contributed by atoms with van der Waals surface area (Å²) in [5.74, 6) is -5.06. The lowest BCUT2D eigenvalue weighted by molar-refractivity contribution is -0.139. The molecule has 2 aromatic carbocycles. The molecule has 6 nitrogen and oxygen atoms in total. The maximum atomic E-state index is 14.6. The van der Waals surface area contributed by atoms with Crippen LogP contribution >= 0.6 is 0 Å². The fourth-order valence-electron chi connectivity index (χ4n) is 3.46. The van der Waals surface area contributed by atoms with Crippen LogP contribution in [0.5, 0.6) is 11.5 Å². The van der Waals surface area contributed by atoms with E-state index in [2.05, 4.69) is 4.98 Å². The zero-order valence-corrected chi connectivity index (χ0v) is 18.0. The number of ether oxygens (including phenoxy) is 2. The van der Waals surface area contributed by atoms with E-state index in [0.29, 0.717) is 5.56 Å². The molecule has 0 aliphatic rings. The number of carbonyl (C=O) groups excluding carboxylic acids is 1. The van der Waals surface area contributed by atoms with Crippen molar-refractivity contribution in [2.75, 3.05) is 6.61 Å². The molecule has 0 amide bonds. The van der Waals surface area contributed by atoms with Gasteiger partial charge in [0.15, 0.2) is 6.61 Å². The normalized spacial score (nSPS) is 11.7. The number of alkyl halides is 5. The molecule has 0 spiro atoms. The maximum absolute atomic E-state index is 14.6. The number of hydrogen-bond donors (Lipinski definition) is 1. The molecule has 35 heavy (non-hydrogen) atoms. The molecule has 1 heterocycles. The molecule has 0 atom stereocenters. The van der Waals surface area contributed by atoms with Gasteiger partial charge in [0.05, 0.1) is 5.39 Å². The van der Waals surface area contributed by atoms with Crippen molar-refractivity contribution in [2.24, 2.45) is 0 Å². The topological polar surface area (TPSA) is 85.7 Å². The van der Waals surface area contributed by atoms with Crippen LogP contribution in [-0.2, 0) is 17.6 Å². The van der Waals surface area contributed by atoms with E-state index in [1.807, 2.05) is 0 Å². The number of carboxylic acids is 1. The number of pyridine rings is 1. The Kier molecular flexibility index (Phi) is 7.51. The molecule has 3 aromatic rings. The standard InChI is InChI=1S/C23H17F6NO5/c1-2-15-13(9-11-3-5-12(6-4-11)21(33)23(27,28)29)20(35-22(25)26)18-16(34-10-17(31)32)8-7-14(24)19(18)30-15/h3-8,22H,2,9-10H2,1H3,(H,31,32). The van der Waals surface area contributed by atoms with E-state index in [-0.39, 0.29) is 40.8 Å². The Bertz CT molecular complexity index is 1260. The Balaban J connectivity index is 2.17. The Morgan fingerprint density at radius 1 is 1.09 bits per heavy atom. The van der Waals surface area contributed by atoms with E-state index >= 15 is 0 Å². The molecule has 0 fully saturated rings. The predicted octanol–water partition coefficient (Wildman–Crippen LogP) is 5.34. The average Bonchev–Trinajstić information content (AvgIpc) is 2.79. The van der Waals surface area contributed by atoms with E-state index in [4.69, 9.17) is 14.6 Å². The molecule has 0 bridgehead atoms. The number of carboxylic acid groups (broad SMARTS) is 1. The molecule has 0 aliphatic carbocycles. The molecule has 3 rings (SSSR count). The van der Waals surface area contributed by atoms with Crippen molar-refractivity contribution in [1.29, 1.82) is 0 Å². The van der Waals surface area contributed by atoms with E-state index in [0.717, 1.165) is 24.3 Å². The molecule has 0 radical (unpaired) electrons. The van der Waals surface area contributed by atoms with Crippen molar-refractivity contribution in [1.82, 2.24) is 4.98 Å². The summed E-state index contributed by atoms with van der Waals surface area (Å²) in [5, 5.41) is 8.58. The van der Waals surface area contributed by atoms with Gasteiger partial charge in [-0.05, 0) is 24.1 Å². The van der Waals surface area contributed by atoms with Gasteiger partial charge < -0.3 is 14.6 Å². The number of carbonyl (C=O) groups is 2. The quantitative estimate of drug-likeness (QED) is 0.315. The number of rotatable bonds is 9. The summed E-state index contributed by atoms with van der Waals surface area (Å²) >= 11 is 0. The minimum absolute atomic E-state index is 0.0703. The van der Waals surface area contributed by atoms with Gasteiger partial charge in [-0.3, -0.25) is 4.79 Å². The maximum Gasteiger partial charge on any atom is 0.454 e. The van der Waals surface area contributed by atoms with Crippen molar-refractivity contribution in [3.05, 3.63) is 64.6 Å². The predicted molar refractivity (Wildman–Crippen MR) is 110 cm³/mol. The van der Waals surface area contributed by atoms with Crippen molar-refractivity contribution in [3.63, 3.8) is 0 Å². The highest BCUT2D eigenvalue weighted by Gasteiger charge is 2.39. The Morgan fingerprint density at radius 2 is 1.74 bits per heavy atom. The molecule has 1 aromatic heterocycles. The van der Waals surface area contributed by atoms with Gasteiger partial charge in [0.1, 0.15) is 22.8 Å². The lowest BCUT2D eigenvalue weighted by atomic mass is 9.97. The number of nitrogens with zero attached hydrogens (tertiary/aromatic N) is 1. The molecule has 0 saturated carbocycles. The number of ketones is 1. The zero-order valence-electron chi connectivity index (χ0n) is 18.0. The first-order valence-corrected chi connectivity index (χ1v) is 10.1. The summed E-state index contributed by atoms with van der Waals surface area (Å²) in [4.78, 5) is 26.5. The average molecular weight is 501 g/mol. The van der Waals surface area contributed by atoms with Crippen LogP contribution in [-0.4, -0.2) is 41.2 Å². The molecule has 0 aliphatic heterocycles. The highest BCUT2D eigenvalue weighted by Crippen LogP contribution is 2.40. The third-order valence-corrected chi connectivity index (χ3v) is 4.93. The molecule has 12 heteroatoms. The summed E-state index contributed by atoms with van der Waals surface area (Å²) in [5.41, 5.74) is -0.429. The van der Waals surface area contributed by atoms with Gasteiger partial charge in [-0.1, -0.05) is 31.2 Å². The monoisotopic (exact) mass is 501 g/mol. The van der Waals surface area contributed by atoms with Crippen LogP contribution in [0.4, 0.5) is 26.3 Å². The van der Waals surface area contributed by atoms with Crippen LogP contribution in [0.3, 0.4) is 0 Å². The van der Waals surface area contributed by atoms with Crippen LogP contribution in [0.15, 0.2) is 36.4 Å². The lowest BCUT2D eigenvalue weighted by Gasteiger charge is -2.19. The number of halogens is 6. The van der Waals surface area contributed by atoms with Gasteiger partial charge in [-0.15, -0.1) is 0 Å². The molecule has 0 unspecified atom stereocenters. The van der Waals surface area contributed by atoms with Crippen molar-refractivity contribution in [2.45, 2.75) is 32.6 Å². The van der Waals surface area contributed by atoms with E-state index < -0.39 is 48.3 Å². The summed E-state index contributed by atoms with van der Waals surface area (Å²) in [7, 11) is 0. The second kappa shape index (κ2) is 10.2. The number of fused-ring (bicyclic) bond motifs is 1. The highest BCUT2D eigenvalue weighted by atomic mass is 19.4. The van der Waals surface area contributed by atoms with E-state index in [9.17, 15) is 35.9 Å². The highest BCUT2D eigenvalue weighted by molar-refractivity contribution is 6.00. The van der Waals surface area contributed by atoms with Crippen LogP contribution in [0.1, 0.15) is 34.1 Å². The largest absolute Gasteiger partial charge is 0.481 e. The van der Waals surface area contributed by atoms with E-state index in [1.165, 1.54) is 12.1 Å². The van der Waals surface area contributed by atoms with Crippen molar-refractivity contribution < 1.29 is 50.5 Å². The van der Waals surface area contributed by atoms with Crippen molar-refractivity contribution >= 4 is 22.7 Å². The van der Waals surface area contributed by atoms with Gasteiger partial charge in [0.25, 0.3) is 5.78 Å².